The predicted molar refractivity (Wildman–Crippen MR) is 276 cm³/mol. The van der Waals surface area contributed by atoms with Gasteiger partial charge in [-0.1, -0.05) is 113 Å². The summed E-state index contributed by atoms with van der Waals surface area (Å²) in [7, 11) is 0. The molecule has 0 saturated carbocycles. The minimum atomic E-state index is 0.578. The molecule has 0 unspecified atom stereocenters. The van der Waals surface area contributed by atoms with Crippen LogP contribution in [0.25, 0.3) is 130 Å². The van der Waals surface area contributed by atoms with Gasteiger partial charge in [0.25, 0.3) is 0 Å². The van der Waals surface area contributed by atoms with E-state index in [0.29, 0.717) is 17.7 Å². The Balaban J connectivity index is 1.08. The van der Waals surface area contributed by atoms with Gasteiger partial charge in [0.05, 0.1) is 22.1 Å². The molecule has 4 heterocycles. The maximum absolute atomic E-state index is 5.46. The number of hydrogen-bond donors (Lipinski definition) is 0. The molecule has 5 nitrogen and oxygen atoms in total. The van der Waals surface area contributed by atoms with E-state index in [1.54, 1.807) is 0 Å². The summed E-state index contributed by atoms with van der Waals surface area (Å²) in [6.07, 6.45) is 0. The molecule has 0 saturated heterocycles. The van der Waals surface area contributed by atoms with Gasteiger partial charge in [0.1, 0.15) is 0 Å². The number of fused-ring (bicyclic) bond motifs is 17. The molecule has 0 atom stereocenters. The lowest BCUT2D eigenvalue weighted by Gasteiger charge is -2.14. The lowest BCUT2D eigenvalue weighted by molar-refractivity contribution is 0.893. The molecule has 0 amide bonds. The van der Waals surface area contributed by atoms with Crippen molar-refractivity contribution in [2.24, 2.45) is 0 Å². The van der Waals surface area contributed by atoms with E-state index in [1.165, 1.54) is 107 Å². The van der Waals surface area contributed by atoms with Crippen molar-refractivity contribution < 1.29 is 0 Å². The van der Waals surface area contributed by atoms with E-state index in [1.807, 2.05) is 11.3 Å². The SMILES string of the molecule is Cc1ccc2c(c1)c1cc(C)ccc1n2-c1nc(-c2ccc3c(c2)c2ccccc2c2cc4sc5ccc6ccccc6c5c4cc32)nc(-n2c3ccc(C)cc3c3cc(C)ccc32)n1. The highest BCUT2D eigenvalue weighted by Gasteiger charge is 2.22. The molecule has 0 N–H and O–H groups in total. The van der Waals surface area contributed by atoms with E-state index in [2.05, 4.69) is 201 Å². The van der Waals surface area contributed by atoms with Crippen LogP contribution in [0.2, 0.25) is 0 Å². The third-order valence-corrected chi connectivity index (χ3v) is 14.9. The van der Waals surface area contributed by atoms with Gasteiger partial charge in [0.15, 0.2) is 5.82 Å². The topological polar surface area (TPSA) is 48.5 Å². The van der Waals surface area contributed by atoms with Gasteiger partial charge in [-0.05, 0) is 144 Å². The standard InChI is InChI=1S/C59H39N5S/c1-32-13-20-50-45(25-32)46-26-33(2)14-21-51(46)63(50)58-60-57(61-59(62-58)64-52-22-15-34(3)27-47(52)48-28-35(4)16-23-53(48)64)37-17-19-41-42(29-37)39-11-7-8-12-40(39)44-31-55-49(30-43(41)44)56-38-10-6-5-9-36(38)18-24-54(56)65-55/h5-31H,1-4H3. The summed E-state index contributed by atoms with van der Waals surface area (Å²) in [4.78, 5) is 16.4. The van der Waals surface area contributed by atoms with Gasteiger partial charge in [-0.3, -0.25) is 9.13 Å². The highest BCUT2D eigenvalue weighted by molar-refractivity contribution is 7.26. The minimum absolute atomic E-state index is 0.578. The second kappa shape index (κ2) is 13.3. The van der Waals surface area contributed by atoms with Crippen LogP contribution in [-0.4, -0.2) is 24.1 Å². The van der Waals surface area contributed by atoms with Gasteiger partial charge in [0, 0.05) is 47.3 Å². The van der Waals surface area contributed by atoms with E-state index in [4.69, 9.17) is 15.0 Å². The second-order valence-electron chi connectivity index (χ2n) is 18.0. The number of aryl methyl sites for hydroxylation is 4. The molecule has 0 bridgehead atoms. The first-order chi connectivity index (χ1) is 31.8. The molecule has 0 fully saturated rings. The van der Waals surface area contributed by atoms with E-state index < -0.39 is 0 Å². The molecule has 0 aliphatic heterocycles. The Hall–Kier alpha value is -7.93. The molecule has 65 heavy (non-hydrogen) atoms. The summed E-state index contributed by atoms with van der Waals surface area (Å²) in [6, 6.07) is 60.5. The van der Waals surface area contributed by atoms with Gasteiger partial charge in [0.2, 0.25) is 11.9 Å². The van der Waals surface area contributed by atoms with E-state index in [-0.39, 0.29) is 0 Å². The smallest absolute Gasteiger partial charge is 0.240 e. The van der Waals surface area contributed by atoms with Crippen molar-refractivity contribution in [3.05, 3.63) is 186 Å². The molecule has 10 aromatic carbocycles. The zero-order valence-electron chi connectivity index (χ0n) is 36.2. The average Bonchev–Trinajstić information content (AvgIpc) is 3.97. The number of nitrogens with zero attached hydrogens (tertiary/aromatic N) is 5. The predicted octanol–water partition coefficient (Wildman–Crippen LogP) is 15.9. The van der Waals surface area contributed by atoms with Crippen molar-refractivity contribution in [1.82, 2.24) is 24.1 Å². The van der Waals surface area contributed by atoms with Crippen molar-refractivity contribution in [3.8, 4) is 23.3 Å². The molecule has 4 aromatic heterocycles. The summed E-state index contributed by atoms with van der Waals surface area (Å²) in [6.45, 7) is 8.62. The lowest BCUT2D eigenvalue weighted by atomic mass is 9.92. The van der Waals surface area contributed by atoms with Crippen molar-refractivity contribution >= 4 is 118 Å². The van der Waals surface area contributed by atoms with Gasteiger partial charge in [-0.25, -0.2) is 0 Å². The fourth-order valence-electron chi connectivity index (χ4n) is 10.7. The van der Waals surface area contributed by atoms with Crippen molar-refractivity contribution in [3.63, 3.8) is 0 Å². The number of benzene rings is 10. The summed E-state index contributed by atoms with van der Waals surface area (Å²) in [5.41, 5.74) is 10.0. The van der Waals surface area contributed by atoms with Gasteiger partial charge in [-0.15, -0.1) is 11.3 Å². The van der Waals surface area contributed by atoms with Crippen molar-refractivity contribution in [1.29, 1.82) is 0 Å². The van der Waals surface area contributed by atoms with Crippen LogP contribution in [0.1, 0.15) is 22.3 Å². The zero-order valence-corrected chi connectivity index (χ0v) is 37.0. The van der Waals surface area contributed by atoms with Gasteiger partial charge < -0.3 is 0 Å². The summed E-state index contributed by atoms with van der Waals surface area (Å²) < 4.78 is 7.07. The largest absolute Gasteiger partial charge is 0.278 e. The quantitative estimate of drug-likeness (QED) is 0.166. The summed E-state index contributed by atoms with van der Waals surface area (Å²) in [5, 5.41) is 17.2. The number of thiophene rings is 1. The fraction of sp³-hybridized carbons (Fsp3) is 0.0678. The highest BCUT2D eigenvalue weighted by Crippen LogP contribution is 2.45. The van der Waals surface area contributed by atoms with Crippen LogP contribution in [0, 0.1) is 27.7 Å². The fourth-order valence-corrected chi connectivity index (χ4v) is 11.9. The Morgan fingerprint density at radius 2 is 0.815 bits per heavy atom. The Labute approximate surface area is 377 Å². The molecule has 0 aliphatic carbocycles. The van der Waals surface area contributed by atoms with Crippen LogP contribution in [0.3, 0.4) is 0 Å². The first kappa shape index (κ1) is 36.5. The number of aromatic nitrogens is 5. The van der Waals surface area contributed by atoms with Crippen LogP contribution in [0.15, 0.2) is 164 Å². The molecular formula is C59H39N5S. The van der Waals surface area contributed by atoms with Crippen LogP contribution >= 0.6 is 11.3 Å². The Bertz CT molecular complexity index is 4150. The van der Waals surface area contributed by atoms with Gasteiger partial charge >= 0.3 is 0 Å². The molecular weight excluding hydrogens is 811 g/mol. The van der Waals surface area contributed by atoms with Crippen LogP contribution in [0.5, 0.6) is 0 Å². The monoisotopic (exact) mass is 849 g/mol. The third kappa shape index (κ3) is 5.29. The van der Waals surface area contributed by atoms with Crippen molar-refractivity contribution in [2.45, 2.75) is 27.7 Å². The normalized spacial score (nSPS) is 12.3. The van der Waals surface area contributed by atoms with Crippen molar-refractivity contribution in [2.75, 3.05) is 0 Å². The van der Waals surface area contributed by atoms with E-state index in [0.717, 1.165) is 27.6 Å². The average molecular weight is 850 g/mol. The van der Waals surface area contributed by atoms with Crippen LogP contribution in [-0.2, 0) is 0 Å². The summed E-state index contributed by atoms with van der Waals surface area (Å²) >= 11 is 1.88. The van der Waals surface area contributed by atoms with Crippen LogP contribution in [0.4, 0.5) is 0 Å². The Kier molecular flexibility index (Phi) is 7.48. The molecule has 0 aliphatic rings. The first-order valence-electron chi connectivity index (χ1n) is 22.3. The van der Waals surface area contributed by atoms with Crippen LogP contribution < -0.4 is 0 Å². The summed E-state index contributed by atoms with van der Waals surface area (Å²) in [5.74, 6) is 1.77. The lowest BCUT2D eigenvalue weighted by Crippen LogP contribution is -2.10. The van der Waals surface area contributed by atoms with E-state index >= 15 is 0 Å². The number of rotatable bonds is 3. The molecule has 306 valence electrons. The first-order valence-corrected chi connectivity index (χ1v) is 23.1. The minimum Gasteiger partial charge on any atom is -0.278 e. The van der Waals surface area contributed by atoms with E-state index in [9.17, 15) is 0 Å². The number of hydrogen-bond acceptors (Lipinski definition) is 4. The molecule has 0 spiro atoms. The maximum Gasteiger partial charge on any atom is 0.240 e. The molecule has 6 heteroatoms. The molecule has 14 rings (SSSR count). The Morgan fingerprint density at radius 1 is 0.338 bits per heavy atom. The highest BCUT2D eigenvalue weighted by atomic mass is 32.1. The molecule has 0 radical (unpaired) electrons. The zero-order chi connectivity index (χ0) is 43.2. The molecule has 14 aromatic rings. The van der Waals surface area contributed by atoms with Gasteiger partial charge in [-0.2, -0.15) is 15.0 Å². The maximum atomic E-state index is 5.46. The Morgan fingerprint density at radius 3 is 1.37 bits per heavy atom. The third-order valence-electron chi connectivity index (χ3n) is 13.7. The second-order valence-corrected chi connectivity index (χ2v) is 19.1.